The highest BCUT2D eigenvalue weighted by Gasteiger charge is 2.08. The van der Waals surface area contributed by atoms with Gasteiger partial charge in [-0.05, 0) is 36.8 Å². The van der Waals surface area contributed by atoms with Crippen LogP contribution >= 0.6 is 11.6 Å². The maximum absolute atomic E-state index is 13.0. The smallest absolute Gasteiger partial charge is 0.222 e. The van der Waals surface area contributed by atoms with E-state index in [0.717, 1.165) is 17.7 Å². The number of hydrogen-bond donors (Lipinski definition) is 1. The summed E-state index contributed by atoms with van der Waals surface area (Å²) < 4.78 is 18.7. The third-order valence-corrected chi connectivity index (χ3v) is 3.20. The second-order valence-electron chi connectivity index (χ2n) is 5.18. The summed E-state index contributed by atoms with van der Waals surface area (Å²) in [5.41, 5.74) is 1.98. The van der Waals surface area contributed by atoms with Crippen LogP contribution in [0.1, 0.15) is 25.0 Å². The average Bonchev–Trinajstić information content (AvgIpc) is 2.42. The highest BCUT2D eigenvalue weighted by molar-refractivity contribution is 6.32. The van der Waals surface area contributed by atoms with E-state index in [9.17, 15) is 4.39 Å². The minimum atomic E-state index is -0.396. The lowest BCUT2D eigenvalue weighted by molar-refractivity contribution is 0.456. The molecule has 5 heteroatoms. The zero-order valence-electron chi connectivity index (χ0n) is 12.3. The topological polar surface area (TPSA) is 34.2 Å². The van der Waals surface area contributed by atoms with Crippen LogP contribution in [0.4, 0.5) is 4.39 Å². The van der Waals surface area contributed by atoms with Gasteiger partial charge in [-0.15, -0.1) is 0 Å². The molecule has 0 aliphatic heterocycles. The molecule has 0 amide bonds. The Balaban J connectivity index is 2.13. The molecule has 0 saturated heterocycles. The number of rotatable bonds is 5. The lowest BCUT2D eigenvalue weighted by Gasteiger charge is -2.12. The number of pyridine rings is 1. The fourth-order valence-corrected chi connectivity index (χ4v) is 2.01. The molecule has 0 aliphatic carbocycles. The molecule has 0 fully saturated rings. The molecule has 0 bridgehead atoms. The number of nitrogens with one attached hydrogen (secondary N) is 1. The van der Waals surface area contributed by atoms with Crippen LogP contribution in [0.5, 0.6) is 11.6 Å². The summed E-state index contributed by atoms with van der Waals surface area (Å²) >= 11 is 5.94. The molecule has 3 nitrogen and oxygen atoms in total. The van der Waals surface area contributed by atoms with Gasteiger partial charge in [0.05, 0.1) is 5.02 Å². The third kappa shape index (κ3) is 4.41. The first-order valence-electron chi connectivity index (χ1n) is 6.77. The van der Waals surface area contributed by atoms with Crippen LogP contribution in [0.25, 0.3) is 0 Å². The van der Waals surface area contributed by atoms with E-state index in [1.165, 1.54) is 18.2 Å². The number of benzene rings is 1. The summed E-state index contributed by atoms with van der Waals surface area (Å²) in [5.74, 6) is 0.464. The predicted octanol–water partition coefficient (Wildman–Crippen LogP) is 4.47. The molecule has 0 atom stereocenters. The zero-order chi connectivity index (χ0) is 15.4. The van der Waals surface area contributed by atoms with Crippen LogP contribution in [-0.2, 0) is 6.54 Å². The second kappa shape index (κ2) is 6.87. The van der Waals surface area contributed by atoms with Gasteiger partial charge in [0.2, 0.25) is 5.88 Å². The van der Waals surface area contributed by atoms with E-state index in [1.54, 1.807) is 6.20 Å². The van der Waals surface area contributed by atoms with Gasteiger partial charge in [0.1, 0.15) is 11.6 Å². The molecule has 2 aromatic rings. The number of hydrogen-bond acceptors (Lipinski definition) is 3. The van der Waals surface area contributed by atoms with E-state index < -0.39 is 5.82 Å². The van der Waals surface area contributed by atoms with Crippen molar-refractivity contribution in [2.45, 2.75) is 33.4 Å². The van der Waals surface area contributed by atoms with Gasteiger partial charge in [-0.25, -0.2) is 9.37 Å². The average molecular weight is 309 g/mol. The van der Waals surface area contributed by atoms with Crippen LogP contribution in [0.2, 0.25) is 5.02 Å². The van der Waals surface area contributed by atoms with Crippen molar-refractivity contribution in [3.8, 4) is 11.6 Å². The Bertz CT molecular complexity index is 632. The summed E-state index contributed by atoms with van der Waals surface area (Å²) in [6.45, 7) is 6.85. The van der Waals surface area contributed by atoms with Gasteiger partial charge in [0.15, 0.2) is 0 Å². The predicted molar refractivity (Wildman–Crippen MR) is 82.4 cm³/mol. The monoisotopic (exact) mass is 308 g/mol. The summed E-state index contributed by atoms with van der Waals surface area (Å²) in [6.07, 6.45) is 1.76. The lowest BCUT2D eigenvalue weighted by Crippen LogP contribution is -2.21. The first kappa shape index (κ1) is 15.7. The van der Waals surface area contributed by atoms with Crippen LogP contribution in [0.3, 0.4) is 0 Å². The number of halogens is 2. The van der Waals surface area contributed by atoms with Gasteiger partial charge in [-0.3, -0.25) is 0 Å². The first-order valence-corrected chi connectivity index (χ1v) is 7.15. The van der Waals surface area contributed by atoms with Crippen molar-refractivity contribution in [3.63, 3.8) is 0 Å². The van der Waals surface area contributed by atoms with E-state index in [2.05, 4.69) is 24.1 Å². The fourth-order valence-electron chi connectivity index (χ4n) is 1.81. The number of nitrogens with zero attached hydrogens (tertiary/aromatic N) is 1. The summed E-state index contributed by atoms with van der Waals surface area (Å²) in [5, 5.41) is 3.55. The van der Waals surface area contributed by atoms with Crippen molar-refractivity contribution >= 4 is 11.6 Å². The summed E-state index contributed by atoms with van der Waals surface area (Å²) in [6, 6.07) is 6.44. The molecule has 0 radical (unpaired) electrons. The third-order valence-electron chi connectivity index (χ3n) is 2.90. The summed E-state index contributed by atoms with van der Waals surface area (Å²) in [7, 11) is 0. The zero-order valence-corrected chi connectivity index (χ0v) is 13.0. The molecule has 1 aromatic carbocycles. The molecule has 1 heterocycles. The van der Waals surface area contributed by atoms with Crippen molar-refractivity contribution in [2.24, 2.45) is 0 Å². The number of ether oxygens (including phenoxy) is 1. The quantitative estimate of drug-likeness (QED) is 0.884. The molecule has 0 saturated carbocycles. The number of aromatic nitrogens is 1. The molecule has 0 unspecified atom stereocenters. The summed E-state index contributed by atoms with van der Waals surface area (Å²) in [4.78, 5) is 4.30. The molecule has 21 heavy (non-hydrogen) atoms. The minimum Gasteiger partial charge on any atom is -0.437 e. The molecule has 0 aliphatic rings. The van der Waals surface area contributed by atoms with E-state index in [1.807, 2.05) is 13.0 Å². The maximum Gasteiger partial charge on any atom is 0.222 e. The molecule has 112 valence electrons. The van der Waals surface area contributed by atoms with Gasteiger partial charge in [-0.2, -0.15) is 0 Å². The highest BCUT2D eigenvalue weighted by Crippen LogP contribution is 2.30. The lowest BCUT2D eigenvalue weighted by atomic mass is 10.2. The Morgan fingerprint density at radius 1 is 1.33 bits per heavy atom. The van der Waals surface area contributed by atoms with E-state index in [-0.39, 0.29) is 5.02 Å². The van der Waals surface area contributed by atoms with Crippen LogP contribution < -0.4 is 10.1 Å². The standard InChI is InChI=1S/C16H18ClFN2O/c1-10(2)19-8-12-6-11(3)16(20-9-12)21-15-5-4-13(18)7-14(15)17/h4-7,9-10,19H,8H2,1-3H3. The fraction of sp³-hybridized carbons (Fsp3) is 0.312. The Morgan fingerprint density at radius 2 is 2.10 bits per heavy atom. The number of aryl methyl sites for hydroxylation is 1. The van der Waals surface area contributed by atoms with Crippen LogP contribution in [0, 0.1) is 12.7 Å². The first-order chi connectivity index (χ1) is 9.95. The molecular weight excluding hydrogens is 291 g/mol. The van der Waals surface area contributed by atoms with Gasteiger partial charge < -0.3 is 10.1 Å². The van der Waals surface area contributed by atoms with Crippen molar-refractivity contribution in [1.82, 2.24) is 10.3 Å². The molecular formula is C16H18ClFN2O. The van der Waals surface area contributed by atoms with Crippen molar-refractivity contribution in [3.05, 3.63) is 52.4 Å². The maximum atomic E-state index is 13.0. The Morgan fingerprint density at radius 3 is 2.71 bits per heavy atom. The van der Waals surface area contributed by atoms with Crippen LogP contribution in [-0.4, -0.2) is 11.0 Å². The normalized spacial score (nSPS) is 11.0. The molecule has 0 spiro atoms. The van der Waals surface area contributed by atoms with Crippen LogP contribution in [0.15, 0.2) is 30.5 Å². The van der Waals surface area contributed by atoms with E-state index in [0.29, 0.717) is 17.7 Å². The van der Waals surface area contributed by atoms with E-state index >= 15 is 0 Å². The Kier molecular flexibility index (Phi) is 5.15. The molecule has 1 N–H and O–H groups in total. The molecule has 2 rings (SSSR count). The Hall–Kier alpha value is -1.65. The van der Waals surface area contributed by atoms with E-state index in [4.69, 9.17) is 16.3 Å². The molecule has 1 aromatic heterocycles. The van der Waals surface area contributed by atoms with Crippen molar-refractivity contribution in [2.75, 3.05) is 0 Å². The largest absolute Gasteiger partial charge is 0.437 e. The minimum absolute atomic E-state index is 0.224. The SMILES string of the molecule is Cc1cc(CNC(C)C)cnc1Oc1ccc(F)cc1Cl. The van der Waals surface area contributed by atoms with Gasteiger partial charge in [-0.1, -0.05) is 25.4 Å². The highest BCUT2D eigenvalue weighted by atomic mass is 35.5. The van der Waals surface area contributed by atoms with Crippen molar-refractivity contribution in [1.29, 1.82) is 0 Å². The van der Waals surface area contributed by atoms with Crippen molar-refractivity contribution < 1.29 is 9.13 Å². The van der Waals surface area contributed by atoms with Gasteiger partial charge in [0, 0.05) is 24.3 Å². The van der Waals surface area contributed by atoms with Gasteiger partial charge in [0.25, 0.3) is 0 Å². The second-order valence-corrected chi connectivity index (χ2v) is 5.59. The van der Waals surface area contributed by atoms with Gasteiger partial charge >= 0.3 is 0 Å². The Labute approximate surface area is 129 Å².